The monoisotopic (exact) mass is 495 g/mol. The largest absolute Gasteiger partial charge is 0.384 e. The average Bonchev–Trinajstić information content (AvgIpc) is 2.91. The van der Waals surface area contributed by atoms with Gasteiger partial charge in [-0.1, -0.05) is 13.8 Å². The van der Waals surface area contributed by atoms with E-state index >= 15 is 0 Å². The van der Waals surface area contributed by atoms with Crippen molar-refractivity contribution in [2.75, 3.05) is 36.5 Å². The lowest BCUT2D eigenvalue weighted by Gasteiger charge is -2.34. The second kappa shape index (κ2) is 11.3. The highest BCUT2D eigenvalue weighted by molar-refractivity contribution is 5.81. The molecule has 5 rings (SSSR count). The van der Waals surface area contributed by atoms with Crippen LogP contribution in [0, 0.1) is 11.7 Å². The van der Waals surface area contributed by atoms with Gasteiger partial charge in [0, 0.05) is 49.6 Å². The summed E-state index contributed by atoms with van der Waals surface area (Å²) in [5.74, 6) is 0.864. The van der Waals surface area contributed by atoms with Crippen LogP contribution in [0.2, 0.25) is 0 Å². The number of aliphatic hydroxyl groups is 1. The molecule has 0 radical (unpaired) electrons. The number of Topliss-reactive ketones (excluding diaryl/α,β-unsaturated/α-hetero) is 1. The minimum atomic E-state index is -1.14. The third-order valence-electron chi connectivity index (χ3n) is 6.87. The zero-order chi connectivity index (χ0) is 25.7. The van der Waals surface area contributed by atoms with Crippen molar-refractivity contribution < 1.29 is 19.0 Å². The first-order valence-electron chi connectivity index (χ1n) is 12.7. The molecule has 0 spiro atoms. The van der Waals surface area contributed by atoms with Gasteiger partial charge in [0.15, 0.2) is 5.82 Å². The fraction of sp³-hybridized carbons (Fsp3) is 0.481. The van der Waals surface area contributed by atoms with Crippen molar-refractivity contribution in [2.45, 2.75) is 52.1 Å². The van der Waals surface area contributed by atoms with Gasteiger partial charge in [0.25, 0.3) is 0 Å². The number of ether oxygens (including phenoxy) is 1. The summed E-state index contributed by atoms with van der Waals surface area (Å²) in [6.45, 7) is 8.40. The van der Waals surface area contributed by atoms with Gasteiger partial charge >= 0.3 is 0 Å². The number of rotatable bonds is 5. The van der Waals surface area contributed by atoms with E-state index in [1.807, 2.05) is 26.0 Å². The standard InChI is InChI=1S/C25H28FN5O3.C2H6/c1-25(33,17-3-5-18(32)6-4-17)22-7-2-16-14-27-23(12-20(16)29-22)30-21-13-24(28-15-19(21)26)31-8-10-34-11-9-31;1-2/h2,7,12-15,17,33H,3-6,8-11H2,1H3,(H,27,28,30);1-2H3. The van der Waals surface area contributed by atoms with E-state index in [1.165, 1.54) is 6.20 Å². The number of anilines is 3. The predicted octanol–water partition coefficient (Wildman–Crippen LogP) is 4.74. The molecule has 8 nitrogen and oxygen atoms in total. The molecular weight excluding hydrogens is 461 g/mol. The summed E-state index contributed by atoms with van der Waals surface area (Å²) in [5, 5.41) is 15.1. The van der Waals surface area contributed by atoms with Crippen LogP contribution in [0.1, 0.15) is 52.1 Å². The molecule has 3 aromatic heterocycles. The molecule has 3 aromatic rings. The molecule has 1 aliphatic heterocycles. The first-order valence-corrected chi connectivity index (χ1v) is 12.7. The molecule has 0 amide bonds. The van der Waals surface area contributed by atoms with E-state index in [0.29, 0.717) is 74.8 Å². The molecule has 36 heavy (non-hydrogen) atoms. The minimum Gasteiger partial charge on any atom is -0.384 e. The molecule has 0 bridgehead atoms. The number of carbonyl (C=O) groups excluding carboxylic acids is 1. The molecule has 0 aromatic carbocycles. The zero-order valence-corrected chi connectivity index (χ0v) is 21.1. The Hall–Kier alpha value is -3.17. The first kappa shape index (κ1) is 25.9. The number of ketones is 1. The minimum absolute atomic E-state index is 0.0286. The van der Waals surface area contributed by atoms with Crippen LogP contribution < -0.4 is 10.2 Å². The van der Waals surface area contributed by atoms with E-state index < -0.39 is 11.4 Å². The second-order valence-electron chi connectivity index (χ2n) is 9.17. The highest BCUT2D eigenvalue weighted by atomic mass is 19.1. The lowest BCUT2D eigenvalue weighted by Crippen LogP contribution is -2.36. The van der Waals surface area contributed by atoms with Gasteiger partial charge in [-0.15, -0.1) is 0 Å². The highest BCUT2D eigenvalue weighted by Gasteiger charge is 2.37. The molecule has 192 valence electrons. The van der Waals surface area contributed by atoms with Gasteiger partial charge in [0.1, 0.15) is 23.0 Å². The van der Waals surface area contributed by atoms with Crippen LogP contribution in [0.3, 0.4) is 0 Å². The van der Waals surface area contributed by atoms with Crippen molar-refractivity contribution in [3.8, 4) is 0 Å². The smallest absolute Gasteiger partial charge is 0.165 e. The summed E-state index contributed by atoms with van der Waals surface area (Å²) in [4.78, 5) is 27.0. The Labute approximate surface area is 210 Å². The van der Waals surface area contributed by atoms with Crippen LogP contribution in [0.25, 0.3) is 10.9 Å². The predicted molar refractivity (Wildman–Crippen MR) is 138 cm³/mol. The van der Waals surface area contributed by atoms with E-state index in [9.17, 15) is 14.3 Å². The number of hydrogen-bond donors (Lipinski definition) is 2. The highest BCUT2D eigenvalue weighted by Crippen LogP contribution is 2.38. The summed E-state index contributed by atoms with van der Waals surface area (Å²) in [7, 11) is 0. The van der Waals surface area contributed by atoms with E-state index in [-0.39, 0.29) is 17.4 Å². The van der Waals surface area contributed by atoms with Gasteiger partial charge in [0.2, 0.25) is 0 Å². The zero-order valence-electron chi connectivity index (χ0n) is 21.1. The second-order valence-corrected chi connectivity index (χ2v) is 9.17. The molecular formula is C27H34FN5O3. The van der Waals surface area contributed by atoms with Crippen molar-refractivity contribution >= 4 is 34.0 Å². The quantitative estimate of drug-likeness (QED) is 0.524. The molecule has 1 saturated heterocycles. The van der Waals surface area contributed by atoms with Crippen molar-refractivity contribution in [2.24, 2.45) is 5.92 Å². The Morgan fingerprint density at radius 2 is 1.83 bits per heavy atom. The van der Waals surface area contributed by atoms with E-state index in [0.717, 1.165) is 5.39 Å². The lowest BCUT2D eigenvalue weighted by molar-refractivity contribution is -0.123. The van der Waals surface area contributed by atoms with Crippen LogP contribution in [-0.2, 0) is 15.1 Å². The SMILES string of the molecule is CC.CC(O)(c1ccc2cnc(Nc3cc(N4CCOCC4)ncc3F)cc2n1)C1CCC(=O)CC1. The van der Waals surface area contributed by atoms with Gasteiger partial charge in [-0.2, -0.15) is 0 Å². The number of fused-ring (bicyclic) bond motifs is 1. The van der Waals surface area contributed by atoms with Crippen molar-refractivity contribution in [1.29, 1.82) is 0 Å². The maximum absolute atomic E-state index is 14.5. The molecule has 2 N–H and O–H groups in total. The van der Waals surface area contributed by atoms with Gasteiger partial charge in [0.05, 0.1) is 36.3 Å². The third-order valence-corrected chi connectivity index (χ3v) is 6.87. The summed E-state index contributed by atoms with van der Waals surface area (Å²) < 4.78 is 19.9. The first-order chi connectivity index (χ1) is 17.4. The van der Waals surface area contributed by atoms with Gasteiger partial charge in [-0.05, 0) is 37.8 Å². The van der Waals surface area contributed by atoms with Crippen molar-refractivity contribution in [1.82, 2.24) is 15.0 Å². The Bertz CT molecular complexity index is 1200. The number of halogens is 1. The molecule has 4 heterocycles. The van der Waals surface area contributed by atoms with Crippen LogP contribution in [-0.4, -0.2) is 52.1 Å². The summed E-state index contributed by atoms with van der Waals surface area (Å²) in [6, 6.07) is 7.10. The normalized spacial score (nSPS) is 18.4. The average molecular weight is 496 g/mol. The van der Waals surface area contributed by atoms with Crippen LogP contribution in [0.4, 0.5) is 21.7 Å². The Morgan fingerprint density at radius 1 is 1.11 bits per heavy atom. The Balaban J connectivity index is 0.00000148. The molecule has 1 atom stereocenters. The summed E-state index contributed by atoms with van der Waals surface area (Å²) in [5.41, 5.74) is 0.334. The number of pyridine rings is 3. The van der Waals surface area contributed by atoms with Crippen LogP contribution >= 0.6 is 0 Å². The summed E-state index contributed by atoms with van der Waals surface area (Å²) in [6.07, 6.45) is 5.18. The van der Waals surface area contributed by atoms with Crippen LogP contribution in [0.15, 0.2) is 36.7 Å². The van der Waals surface area contributed by atoms with E-state index in [4.69, 9.17) is 9.72 Å². The molecule has 1 saturated carbocycles. The van der Waals surface area contributed by atoms with Crippen LogP contribution in [0.5, 0.6) is 0 Å². The van der Waals surface area contributed by atoms with Crippen molar-refractivity contribution in [3.05, 3.63) is 48.2 Å². The van der Waals surface area contributed by atoms with Gasteiger partial charge in [-0.3, -0.25) is 4.79 Å². The third kappa shape index (κ3) is 5.63. The van der Waals surface area contributed by atoms with E-state index in [1.54, 1.807) is 25.3 Å². The fourth-order valence-electron chi connectivity index (χ4n) is 4.70. The number of morpholine rings is 1. The molecule has 9 heteroatoms. The topological polar surface area (TPSA) is 100 Å². The number of nitrogens with one attached hydrogen (secondary N) is 1. The molecule has 2 fully saturated rings. The van der Waals surface area contributed by atoms with Gasteiger partial charge < -0.3 is 20.1 Å². The lowest BCUT2D eigenvalue weighted by atomic mass is 9.75. The molecule has 2 aliphatic rings. The van der Waals surface area contributed by atoms with Gasteiger partial charge in [-0.25, -0.2) is 19.3 Å². The number of aromatic nitrogens is 3. The number of nitrogens with zero attached hydrogens (tertiary/aromatic N) is 4. The maximum atomic E-state index is 14.5. The number of carbonyl (C=O) groups is 1. The Kier molecular flexibility index (Phi) is 8.11. The van der Waals surface area contributed by atoms with E-state index in [2.05, 4.69) is 20.2 Å². The fourth-order valence-corrected chi connectivity index (χ4v) is 4.70. The summed E-state index contributed by atoms with van der Waals surface area (Å²) >= 11 is 0. The molecule has 1 unspecified atom stereocenters. The Morgan fingerprint density at radius 3 is 2.56 bits per heavy atom. The van der Waals surface area contributed by atoms with Crippen molar-refractivity contribution in [3.63, 3.8) is 0 Å². The maximum Gasteiger partial charge on any atom is 0.165 e. The molecule has 1 aliphatic carbocycles. The number of hydrogen-bond acceptors (Lipinski definition) is 8.